The Balaban J connectivity index is 2.72. The first kappa shape index (κ1) is 13.9. The summed E-state index contributed by atoms with van der Waals surface area (Å²) in [5.74, 6) is -1.12. The van der Waals surface area contributed by atoms with E-state index in [1.165, 1.54) is 0 Å². The number of nitrogens with two attached hydrogens (primary N) is 1. The number of carboxylic acid groups (broad SMARTS) is 1. The van der Waals surface area contributed by atoms with Gasteiger partial charge in [-0.1, -0.05) is 6.92 Å². The van der Waals surface area contributed by atoms with Gasteiger partial charge in [0.2, 0.25) is 5.91 Å². The van der Waals surface area contributed by atoms with E-state index in [1.807, 2.05) is 6.92 Å². The Labute approximate surface area is 101 Å². The molecule has 1 aliphatic heterocycles. The second-order valence-electron chi connectivity index (χ2n) is 4.57. The van der Waals surface area contributed by atoms with Crippen LogP contribution in [0, 0.1) is 5.41 Å². The number of carbonyl (C=O) groups excluding carboxylic acids is 1. The van der Waals surface area contributed by atoms with Gasteiger partial charge in [0, 0.05) is 13.1 Å². The van der Waals surface area contributed by atoms with Crippen LogP contribution in [0.5, 0.6) is 0 Å². The van der Waals surface area contributed by atoms with Crippen LogP contribution >= 0.6 is 0 Å². The van der Waals surface area contributed by atoms with Crippen LogP contribution in [0.3, 0.4) is 0 Å². The normalized spacial score (nSPS) is 24.2. The van der Waals surface area contributed by atoms with Gasteiger partial charge in [0.25, 0.3) is 0 Å². The number of nitrogens with zero attached hydrogens (tertiary/aromatic N) is 1. The summed E-state index contributed by atoms with van der Waals surface area (Å²) in [7, 11) is 0. The molecule has 0 aromatic rings. The van der Waals surface area contributed by atoms with Crippen LogP contribution in [0.4, 0.5) is 0 Å². The van der Waals surface area contributed by atoms with Crippen molar-refractivity contribution in [2.75, 3.05) is 26.2 Å². The summed E-state index contributed by atoms with van der Waals surface area (Å²) in [5, 5.41) is 8.87. The van der Waals surface area contributed by atoms with Crippen LogP contribution in [0.15, 0.2) is 0 Å². The van der Waals surface area contributed by atoms with Crippen molar-refractivity contribution in [3.8, 4) is 0 Å². The van der Waals surface area contributed by atoms with Crippen LogP contribution in [0.25, 0.3) is 0 Å². The molecule has 1 amide bonds. The Morgan fingerprint density at radius 3 is 2.71 bits per heavy atom. The highest BCUT2D eigenvalue weighted by molar-refractivity contribution is 5.83. The van der Waals surface area contributed by atoms with E-state index in [2.05, 4.69) is 0 Å². The number of ether oxygens (including phenoxy) is 1. The van der Waals surface area contributed by atoms with Crippen molar-refractivity contribution >= 4 is 11.9 Å². The number of morpholine rings is 1. The first-order chi connectivity index (χ1) is 7.94. The molecule has 2 unspecified atom stereocenters. The summed E-state index contributed by atoms with van der Waals surface area (Å²) >= 11 is 0. The monoisotopic (exact) mass is 244 g/mol. The minimum Gasteiger partial charge on any atom is -0.479 e. The Bertz CT molecular complexity index is 302. The van der Waals surface area contributed by atoms with Gasteiger partial charge in [-0.25, -0.2) is 4.79 Å². The molecule has 1 aliphatic rings. The van der Waals surface area contributed by atoms with Crippen molar-refractivity contribution < 1.29 is 19.4 Å². The molecule has 17 heavy (non-hydrogen) atoms. The summed E-state index contributed by atoms with van der Waals surface area (Å²) in [6.45, 7) is 4.76. The Morgan fingerprint density at radius 1 is 1.59 bits per heavy atom. The molecular formula is C11H20N2O4. The van der Waals surface area contributed by atoms with Gasteiger partial charge in [0.15, 0.2) is 6.10 Å². The second-order valence-corrected chi connectivity index (χ2v) is 4.57. The molecule has 0 spiro atoms. The lowest BCUT2D eigenvalue weighted by molar-refractivity contribution is -0.162. The van der Waals surface area contributed by atoms with Crippen LogP contribution in [0.2, 0.25) is 0 Å². The number of amides is 1. The van der Waals surface area contributed by atoms with Gasteiger partial charge in [-0.3, -0.25) is 4.79 Å². The van der Waals surface area contributed by atoms with E-state index in [0.717, 1.165) is 0 Å². The van der Waals surface area contributed by atoms with Gasteiger partial charge in [-0.15, -0.1) is 0 Å². The summed E-state index contributed by atoms with van der Waals surface area (Å²) in [6.07, 6.45) is -0.288. The predicted molar refractivity (Wildman–Crippen MR) is 61.4 cm³/mol. The van der Waals surface area contributed by atoms with Gasteiger partial charge in [0.05, 0.1) is 18.6 Å². The molecule has 1 fully saturated rings. The molecule has 1 heterocycles. The number of carboxylic acids is 1. The third-order valence-corrected chi connectivity index (χ3v) is 3.38. The highest BCUT2D eigenvalue weighted by atomic mass is 16.5. The zero-order valence-electron chi connectivity index (χ0n) is 10.3. The maximum absolute atomic E-state index is 12.2. The molecule has 98 valence electrons. The van der Waals surface area contributed by atoms with Crippen molar-refractivity contribution in [3.05, 3.63) is 0 Å². The van der Waals surface area contributed by atoms with Crippen molar-refractivity contribution in [2.24, 2.45) is 11.1 Å². The number of aliphatic carboxylic acids is 1. The molecule has 1 saturated heterocycles. The molecule has 0 bridgehead atoms. The molecule has 1 rings (SSSR count). The Hall–Kier alpha value is -1.14. The number of hydrogen-bond donors (Lipinski definition) is 2. The van der Waals surface area contributed by atoms with Gasteiger partial charge in [-0.2, -0.15) is 0 Å². The molecule has 3 N–H and O–H groups in total. The molecule has 6 heteroatoms. The fourth-order valence-corrected chi connectivity index (χ4v) is 1.75. The van der Waals surface area contributed by atoms with E-state index in [0.29, 0.717) is 13.0 Å². The van der Waals surface area contributed by atoms with Crippen LogP contribution in [0.1, 0.15) is 20.3 Å². The maximum Gasteiger partial charge on any atom is 0.334 e. The first-order valence-electron chi connectivity index (χ1n) is 5.78. The third-order valence-electron chi connectivity index (χ3n) is 3.38. The number of rotatable bonds is 4. The minimum absolute atomic E-state index is 0.0861. The van der Waals surface area contributed by atoms with Crippen LogP contribution < -0.4 is 5.73 Å². The number of hydrogen-bond acceptors (Lipinski definition) is 4. The van der Waals surface area contributed by atoms with E-state index < -0.39 is 17.5 Å². The van der Waals surface area contributed by atoms with Crippen molar-refractivity contribution in [3.63, 3.8) is 0 Å². The van der Waals surface area contributed by atoms with E-state index >= 15 is 0 Å². The largest absolute Gasteiger partial charge is 0.479 e. The zero-order valence-corrected chi connectivity index (χ0v) is 10.3. The fourth-order valence-electron chi connectivity index (χ4n) is 1.75. The predicted octanol–water partition coefficient (Wildman–Crippen LogP) is -0.327. The summed E-state index contributed by atoms with van der Waals surface area (Å²) < 4.78 is 5.08. The van der Waals surface area contributed by atoms with Crippen molar-refractivity contribution in [1.29, 1.82) is 0 Å². The molecule has 6 nitrogen and oxygen atoms in total. The quantitative estimate of drug-likeness (QED) is 0.706. The van der Waals surface area contributed by atoms with Gasteiger partial charge >= 0.3 is 5.97 Å². The highest BCUT2D eigenvalue weighted by Gasteiger charge is 2.37. The molecular weight excluding hydrogens is 224 g/mol. The standard InChI is InChI=1S/C11H20N2O4/c1-3-11(2,7-12)10(16)13-4-5-17-8(6-13)9(14)15/h8H,3-7,12H2,1-2H3,(H,14,15). The molecule has 0 saturated carbocycles. The third kappa shape index (κ3) is 2.95. The van der Waals surface area contributed by atoms with Crippen LogP contribution in [-0.4, -0.2) is 54.2 Å². The molecule has 0 radical (unpaired) electrons. The molecule has 0 aromatic carbocycles. The van der Waals surface area contributed by atoms with E-state index in [9.17, 15) is 9.59 Å². The number of carbonyl (C=O) groups is 2. The average Bonchev–Trinajstić information content (AvgIpc) is 2.37. The topological polar surface area (TPSA) is 92.9 Å². The lowest BCUT2D eigenvalue weighted by Crippen LogP contribution is -2.54. The van der Waals surface area contributed by atoms with E-state index in [4.69, 9.17) is 15.6 Å². The van der Waals surface area contributed by atoms with Crippen molar-refractivity contribution in [1.82, 2.24) is 4.90 Å². The maximum atomic E-state index is 12.2. The summed E-state index contributed by atoms with van der Waals surface area (Å²) in [4.78, 5) is 24.6. The lowest BCUT2D eigenvalue weighted by Gasteiger charge is -2.37. The highest BCUT2D eigenvalue weighted by Crippen LogP contribution is 2.23. The van der Waals surface area contributed by atoms with Gasteiger partial charge in [-0.05, 0) is 13.3 Å². The minimum atomic E-state index is -1.03. The average molecular weight is 244 g/mol. The molecule has 0 aliphatic carbocycles. The zero-order chi connectivity index (χ0) is 13.1. The molecule has 2 atom stereocenters. The van der Waals surface area contributed by atoms with E-state index in [-0.39, 0.29) is 25.6 Å². The lowest BCUT2D eigenvalue weighted by atomic mass is 9.86. The smallest absolute Gasteiger partial charge is 0.334 e. The second kappa shape index (κ2) is 5.46. The van der Waals surface area contributed by atoms with Gasteiger partial charge < -0.3 is 20.5 Å². The summed E-state index contributed by atoms with van der Waals surface area (Å²) in [5.41, 5.74) is 5.01. The first-order valence-corrected chi connectivity index (χ1v) is 5.78. The SMILES string of the molecule is CCC(C)(CN)C(=O)N1CCOC(C(=O)O)C1. The Kier molecular flexibility index (Phi) is 4.47. The summed E-state index contributed by atoms with van der Waals surface area (Å²) in [6, 6.07) is 0. The van der Waals surface area contributed by atoms with E-state index in [1.54, 1.807) is 11.8 Å². The van der Waals surface area contributed by atoms with Gasteiger partial charge in [0.1, 0.15) is 0 Å². The van der Waals surface area contributed by atoms with Crippen LogP contribution in [-0.2, 0) is 14.3 Å². The molecule has 0 aromatic heterocycles. The Morgan fingerprint density at radius 2 is 2.24 bits per heavy atom. The fraction of sp³-hybridized carbons (Fsp3) is 0.818. The van der Waals surface area contributed by atoms with Crippen molar-refractivity contribution in [2.45, 2.75) is 26.4 Å².